The van der Waals surface area contributed by atoms with Gasteiger partial charge in [0.15, 0.2) is 11.2 Å². The smallest absolute Gasteiger partial charge is 0.321 e. The number of ketones is 1. The van der Waals surface area contributed by atoms with Crippen molar-refractivity contribution in [3.63, 3.8) is 0 Å². The van der Waals surface area contributed by atoms with Crippen LogP contribution in [-0.4, -0.2) is 59.7 Å². The molecule has 0 N–H and O–H groups in total. The topological polar surface area (TPSA) is 66.9 Å². The summed E-state index contributed by atoms with van der Waals surface area (Å²) in [4.78, 5) is 44.2. The van der Waals surface area contributed by atoms with Crippen LogP contribution in [0.1, 0.15) is 51.5 Å². The zero-order valence-electron chi connectivity index (χ0n) is 18.9. The molecule has 0 aromatic heterocycles. The number of nitrogens with zero attached hydrogens (tertiary/aromatic N) is 2. The summed E-state index contributed by atoms with van der Waals surface area (Å²) in [6, 6.07) is 9.95. The molecule has 5 atom stereocenters. The van der Waals surface area contributed by atoms with Gasteiger partial charge < -0.3 is 9.64 Å². The molecule has 31 heavy (non-hydrogen) atoms. The minimum Gasteiger partial charge on any atom is -0.468 e. The van der Waals surface area contributed by atoms with Crippen LogP contribution in [0.5, 0.6) is 0 Å². The van der Waals surface area contributed by atoms with Gasteiger partial charge in [-0.05, 0) is 36.7 Å². The summed E-state index contributed by atoms with van der Waals surface area (Å²) >= 11 is 0. The van der Waals surface area contributed by atoms with Crippen LogP contribution in [0.15, 0.2) is 30.3 Å². The van der Waals surface area contributed by atoms with Gasteiger partial charge in [0.1, 0.15) is 0 Å². The Kier molecular flexibility index (Phi) is 6.20. The lowest BCUT2D eigenvalue weighted by Gasteiger charge is -2.46. The number of piperidine rings is 2. The molecule has 0 unspecified atom stereocenters. The molecule has 0 aliphatic carbocycles. The van der Waals surface area contributed by atoms with E-state index in [0.717, 1.165) is 24.8 Å². The molecule has 0 spiro atoms. The molecular weight excluding hydrogens is 392 g/mol. The van der Waals surface area contributed by atoms with Crippen LogP contribution in [0.4, 0.5) is 0 Å². The second kappa shape index (κ2) is 8.73. The van der Waals surface area contributed by atoms with Gasteiger partial charge in [0.05, 0.1) is 13.5 Å². The number of carbonyl (C=O) groups excluding carboxylic acids is 3. The number of ether oxygens (including phenoxy) is 1. The van der Waals surface area contributed by atoms with Crippen LogP contribution >= 0.6 is 0 Å². The molecule has 0 radical (unpaired) electrons. The molecule has 3 fully saturated rings. The van der Waals surface area contributed by atoms with Crippen LogP contribution in [0.3, 0.4) is 0 Å². The van der Waals surface area contributed by atoms with Crippen molar-refractivity contribution in [2.45, 2.75) is 64.6 Å². The molecule has 6 nitrogen and oxygen atoms in total. The summed E-state index contributed by atoms with van der Waals surface area (Å²) < 4.78 is 5.19. The molecular formula is C25H34N2O4. The van der Waals surface area contributed by atoms with Crippen LogP contribution in [0, 0.1) is 17.3 Å². The van der Waals surface area contributed by atoms with E-state index in [2.05, 4.69) is 30.9 Å². The predicted octanol–water partition coefficient (Wildman–Crippen LogP) is 3.05. The van der Waals surface area contributed by atoms with Crippen molar-refractivity contribution in [1.29, 1.82) is 0 Å². The van der Waals surface area contributed by atoms with Gasteiger partial charge >= 0.3 is 5.97 Å². The maximum atomic E-state index is 13.4. The number of fused-ring (bicyclic) bond motifs is 2. The van der Waals surface area contributed by atoms with Crippen LogP contribution in [-0.2, 0) is 25.7 Å². The number of rotatable bonds is 5. The first-order chi connectivity index (χ1) is 14.8. The van der Waals surface area contributed by atoms with E-state index in [0.29, 0.717) is 37.9 Å². The summed E-state index contributed by atoms with van der Waals surface area (Å²) in [6.45, 7) is 6.36. The molecule has 3 heterocycles. The van der Waals surface area contributed by atoms with E-state index in [4.69, 9.17) is 4.74 Å². The largest absolute Gasteiger partial charge is 0.468 e. The maximum Gasteiger partial charge on any atom is 0.321 e. The molecule has 1 aromatic carbocycles. The zero-order chi connectivity index (χ0) is 22.2. The fraction of sp³-hybridized carbons (Fsp3) is 0.640. The first-order valence-electron chi connectivity index (χ1n) is 11.5. The predicted molar refractivity (Wildman–Crippen MR) is 117 cm³/mol. The van der Waals surface area contributed by atoms with E-state index in [-0.39, 0.29) is 30.2 Å². The Morgan fingerprint density at radius 2 is 1.77 bits per heavy atom. The number of benzene rings is 1. The number of likely N-dealkylation sites (tertiary alicyclic amines) is 1. The Labute approximate surface area is 184 Å². The van der Waals surface area contributed by atoms with Crippen molar-refractivity contribution < 1.29 is 19.1 Å². The third kappa shape index (κ3) is 4.02. The molecule has 6 heteroatoms. The highest BCUT2D eigenvalue weighted by atomic mass is 16.5. The van der Waals surface area contributed by atoms with Gasteiger partial charge in [-0.25, -0.2) is 0 Å². The highest BCUT2D eigenvalue weighted by molar-refractivity contribution is 6.08. The van der Waals surface area contributed by atoms with E-state index in [1.165, 1.54) is 7.11 Å². The van der Waals surface area contributed by atoms with E-state index < -0.39 is 11.4 Å². The third-order valence-corrected chi connectivity index (χ3v) is 7.54. The zero-order valence-corrected chi connectivity index (χ0v) is 18.9. The highest BCUT2D eigenvalue weighted by Crippen LogP contribution is 2.48. The SMILES string of the molecule is COC(=O)[C@]1(CC(=O)N2C[C@@H](C)C[C@H](C)C2)C(=O)C[C@H]2CC[C@H]1N2Cc1ccccc1. The highest BCUT2D eigenvalue weighted by Gasteiger charge is 2.62. The molecule has 0 saturated carbocycles. The summed E-state index contributed by atoms with van der Waals surface area (Å²) in [5, 5.41) is 0. The average Bonchev–Trinajstić information content (AvgIpc) is 3.06. The number of hydrogen-bond donors (Lipinski definition) is 0. The normalized spacial score (nSPS) is 33.4. The van der Waals surface area contributed by atoms with Crippen molar-refractivity contribution in [1.82, 2.24) is 9.80 Å². The summed E-state index contributed by atoms with van der Waals surface area (Å²) in [5.41, 5.74) is -0.255. The number of amides is 1. The van der Waals surface area contributed by atoms with E-state index in [1.807, 2.05) is 23.1 Å². The van der Waals surface area contributed by atoms with Gasteiger partial charge in [-0.15, -0.1) is 0 Å². The molecule has 3 saturated heterocycles. The van der Waals surface area contributed by atoms with Crippen LogP contribution in [0.2, 0.25) is 0 Å². The number of hydrogen-bond acceptors (Lipinski definition) is 5. The van der Waals surface area contributed by atoms with Gasteiger partial charge in [0.25, 0.3) is 0 Å². The van der Waals surface area contributed by atoms with Crippen LogP contribution < -0.4 is 0 Å². The number of methoxy groups -OCH3 is 1. The lowest BCUT2D eigenvalue weighted by molar-refractivity contribution is -0.171. The molecule has 3 aliphatic rings. The monoisotopic (exact) mass is 426 g/mol. The second-order valence-corrected chi connectivity index (χ2v) is 9.92. The van der Waals surface area contributed by atoms with Crippen LogP contribution in [0.25, 0.3) is 0 Å². The summed E-state index contributed by atoms with van der Waals surface area (Å²) in [5.74, 6) is 0.0840. The second-order valence-electron chi connectivity index (χ2n) is 9.92. The van der Waals surface area contributed by atoms with Gasteiger partial charge in [-0.2, -0.15) is 0 Å². The van der Waals surface area contributed by atoms with Crippen molar-refractivity contribution in [3.8, 4) is 0 Å². The third-order valence-electron chi connectivity index (χ3n) is 7.54. The van der Waals surface area contributed by atoms with E-state index in [9.17, 15) is 14.4 Å². The number of carbonyl (C=O) groups is 3. The van der Waals surface area contributed by atoms with Crippen molar-refractivity contribution in [2.24, 2.45) is 17.3 Å². The first kappa shape index (κ1) is 22.0. The Balaban J connectivity index is 1.63. The number of Topliss-reactive ketones (excluding diaryl/α,β-unsaturated/α-hetero) is 1. The van der Waals surface area contributed by atoms with Gasteiger partial charge in [0, 0.05) is 38.1 Å². The van der Waals surface area contributed by atoms with Gasteiger partial charge in [0.2, 0.25) is 5.91 Å². The molecule has 3 aliphatic heterocycles. The molecule has 1 aromatic rings. The maximum absolute atomic E-state index is 13.4. The molecule has 4 rings (SSSR count). The Hall–Kier alpha value is -2.21. The standard InChI is InChI=1S/C25H34N2O4/c1-17-11-18(2)15-26(14-17)23(29)13-25(24(30)31-3)21-10-9-20(12-22(25)28)27(21)16-19-7-5-4-6-8-19/h4-8,17-18,20-21H,9-16H2,1-3H3/t17-,18-,20+,21+,25-/m0/s1. The Bertz CT molecular complexity index is 831. The lowest BCUT2D eigenvalue weighted by atomic mass is 9.69. The summed E-state index contributed by atoms with van der Waals surface area (Å²) in [6.07, 6.45) is 2.92. The minimum absolute atomic E-state index is 0.0827. The van der Waals surface area contributed by atoms with E-state index in [1.54, 1.807) is 0 Å². The summed E-state index contributed by atoms with van der Waals surface area (Å²) in [7, 11) is 1.33. The minimum atomic E-state index is -1.41. The fourth-order valence-corrected chi connectivity index (χ4v) is 6.24. The Morgan fingerprint density at radius 3 is 2.42 bits per heavy atom. The molecule has 2 bridgehead atoms. The average molecular weight is 427 g/mol. The fourth-order valence-electron chi connectivity index (χ4n) is 6.24. The molecule has 1 amide bonds. The van der Waals surface area contributed by atoms with Crippen molar-refractivity contribution in [2.75, 3.05) is 20.2 Å². The van der Waals surface area contributed by atoms with Crippen molar-refractivity contribution in [3.05, 3.63) is 35.9 Å². The van der Waals surface area contributed by atoms with E-state index >= 15 is 0 Å². The lowest BCUT2D eigenvalue weighted by Crippen LogP contribution is -2.61. The van der Waals surface area contributed by atoms with Crippen molar-refractivity contribution >= 4 is 17.7 Å². The quantitative estimate of drug-likeness (QED) is 0.535. The Morgan fingerprint density at radius 1 is 1.10 bits per heavy atom. The van der Waals surface area contributed by atoms with Gasteiger partial charge in [-0.3, -0.25) is 19.3 Å². The first-order valence-corrected chi connectivity index (χ1v) is 11.5. The molecule has 168 valence electrons. The number of esters is 1. The van der Waals surface area contributed by atoms with Gasteiger partial charge in [-0.1, -0.05) is 44.2 Å².